The van der Waals surface area contributed by atoms with Crippen molar-refractivity contribution in [2.24, 2.45) is 0 Å². The molecule has 0 bridgehead atoms. The van der Waals surface area contributed by atoms with Crippen LogP contribution in [0.3, 0.4) is 0 Å². The van der Waals surface area contributed by atoms with Crippen LogP contribution in [0.4, 0.5) is 5.69 Å². The fourth-order valence-corrected chi connectivity index (χ4v) is 2.27. The molecule has 0 unspecified atom stereocenters. The topological polar surface area (TPSA) is 54.5 Å². The maximum Gasteiger partial charge on any atom is 0.242 e. The van der Waals surface area contributed by atoms with Gasteiger partial charge in [0.15, 0.2) is 0 Å². The van der Waals surface area contributed by atoms with Crippen LogP contribution in [0.5, 0.6) is 0 Å². The molecule has 5 nitrogen and oxygen atoms in total. The summed E-state index contributed by atoms with van der Waals surface area (Å²) in [6.45, 7) is 1.61. The molecule has 122 valence electrons. The number of ether oxygens (including phenoxy) is 1. The van der Waals surface area contributed by atoms with E-state index in [-0.39, 0.29) is 12.5 Å². The van der Waals surface area contributed by atoms with Crippen molar-refractivity contribution in [1.29, 1.82) is 0 Å². The minimum Gasteiger partial charge on any atom is -0.383 e. The molecular formula is C17H20ClN3O2. The van der Waals surface area contributed by atoms with Crippen molar-refractivity contribution in [3.63, 3.8) is 0 Å². The van der Waals surface area contributed by atoms with E-state index in [4.69, 9.17) is 16.3 Å². The molecule has 23 heavy (non-hydrogen) atoms. The van der Waals surface area contributed by atoms with Gasteiger partial charge in [0.25, 0.3) is 0 Å². The van der Waals surface area contributed by atoms with Crippen LogP contribution < -0.4 is 5.32 Å². The Morgan fingerprint density at radius 2 is 2.04 bits per heavy atom. The third kappa shape index (κ3) is 5.54. The summed E-state index contributed by atoms with van der Waals surface area (Å²) in [6, 6.07) is 13.0. The van der Waals surface area contributed by atoms with Gasteiger partial charge < -0.3 is 15.0 Å². The number of hydrogen-bond acceptors (Lipinski definition) is 4. The van der Waals surface area contributed by atoms with Crippen LogP contribution in [0.25, 0.3) is 0 Å². The number of pyridine rings is 1. The molecule has 2 rings (SSSR count). The number of benzene rings is 1. The van der Waals surface area contributed by atoms with Gasteiger partial charge in [-0.3, -0.25) is 9.78 Å². The number of para-hydroxylation sites is 1. The lowest BCUT2D eigenvalue weighted by Crippen LogP contribution is -2.37. The minimum absolute atomic E-state index is 0.0346. The fraction of sp³-hybridized carbons (Fsp3) is 0.294. The maximum atomic E-state index is 12.5. The van der Waals surface area contributed by atoms with Crippen molar-refractivity contribution in [3.05, 3.63) is 59.4 Å². The van der Waals surface area contributed by atoms with E-state index in [0.29, 0.717) is 24.7 Å². The number of halogens is 1. The number of anilines is 1. The monoisotopic (exact) mass is 333 g/mol. The number of carbonyl (C=O) groups is 1. The summed E-state index contributed by atoms with van der Waals surface area (Å²) in [5, 5.41) is 3.66. The van der Waals surface area contributed by atoms with Gasteiger partial charge in [-0.15, -0.1) is 0 Å². The van der Waals surface area contributed by atoms with Crippen molar-refractivity contribution in [2.45, 2.75) is 6.54 Å². The highest BCUT2D eigenvalue weighted by Gasteiger charge is 2.14. The van der Waals surface area contributed by atoms with Gasteiger partial charge in [0.1, 0.15) is 0 Å². The van der Waals surface area contributed by atoms with Gasteiger partial charge in [0.2, 0.25) is 5.91 Å². The van der Waals surface area contributed by atoms with Crippen molar-refractivity contribution in [2.75, 3.05) is 32.1 Å². The third-order valence-electron chi connectivity index (χ3n) is 3.30. The number of hydrogen-bond donors (Lipinski definition) is 1. The second-order valence-corrected chi connectivity index (χ2v) is 5.37. The average molecular weight is 334 g/mol. The number of carbonyl (C=O) groups excluding carboxylic acids is 1. The molecule has 1 heterocycles. The Bertz CT molecular complexity index is 622. The second kappa shape index (κ2) is 9.12. The number of nitrogens with one attached hydrogen (secondary N) is 1. The van der Waals surface area contributed by atoms with Crippen LogP contribution in [0.2, 0.25) is 5.02 Å². The zero-order valence-corrected chi connectivity index (χ0v) is 13.8. The van der Waals surface area contributed by atoms with E-state index in [1.165, 1.54) is 0 Å². The van der Waals surface area contributed by atoms with Crippen LogP contribution in [-0.4, -0.2) is 42.6 Å². The normalized spacial score (nSPS) is 10.3. The fourth-order valence-electron chi connectivity index (χ4n) is 2.07. The minimum atomic E-state index is -0.0346. The van der Waals surface area contributed by atoms with E-state index in [0.717, 1.165) is 11.4 Å². The quantitative estimate of drug-likeness (QED) is 0.807. The van der Waals surface area contributed by atoms with E-state index in [1.54, 1.807) is 24.3 Å². The zero-order valence-electron chi connectivity index (χ0n) is 13.0. The van der Waals surface area contributed by atoms with Gasteiger partial charge >= 0.3 is 0 Å². The Morgan fingerprint density at radius 3 is 2.74 bits per heavy atom. The molecule has 0 radical (unpaired) electrons. The average Bonchev–Trinajstić information content (AvgIpc) is 2.58. The lowest BCUT2D eigenvalue weighted by atomic mass is 10.3. The molecule has 0 aliphatic carbocycles. The molecule has 2 aromatic rings. The Labute approximate surface area is 141 Å². The summed E-state index contributed by atoms with van der Waals surface area (Å²) in [5.41, 5.74) is 1.58. The molecule has 0 atom stereocenters. The molecule has 0 spiro atoms. The molecule has 0 saturated carbocycles. The summed E-state index contributed by atoms with van der Waals surface area (Å²) >= 11 is 6.08. The molecule has 0 aliphatic rings. The zero-order chi connectivity index (χ0) is 16.5. The number of rotatable bonds is 8. The summed E-state index contributed by atoms with van der Waals surface area (Å²) in [7, 11) is 1.62. The standard InChI is InChI=1S/C17H20ClN3O2/c1-23-11-10-21(13-14-6-4-5-9-19-14)17(22)12-20-16-8-3-2-7-15(16)18/h2-9,20H,10-13H2,1H3. The molecule has 1 aromatic carbocycles. The Kier molecular flexibility index (Phi) is 6.84. The molecule has 1 aromatic heterocycles. The molecule has 6 heteroatoms. The van der Waals surface area contributed by atoms with Crippen LogP contribution in [0.1, 0.15) is 5.69 Å². The predicted octanol–water partition coefficient (Wildman–Crippen LogP) is 2.82. The van der Waals surface area contributed by atoms with Crippen LogP contribution >= 0.6 is 11.6 Å². The van der Waals surface area contributed by atoms with E-state index in [1.807, 2.05) is 36.4 Å². The molecule has 0 aliphatic heterocycles. The van der Waals surface area contributed by atoms with Gasteiger partial charge in [-0.1, -0.05) is 29.8 Å². The van der Waals surface area contributed by atoms with Crippen LogP contribution in [0, 0.1) is 0 Å². The molecule has 0 saturated heterocycles. The summed E-state index contributed by atoms with van der Waals surface area (Å²) in [6.07, 6.45) is 1.72. The van der Waals surface area contributed by atoms with E-state index >= 15 is 0 Å². The van der Waals surface area contributed by atoms with E-state index < -0.39 is 0 Å². The smallest absolute Gasteiger partial charge is 0.242 e. The van der Waals surface area contributed by atoms with Crippen molar-refractivity contribution in [1.82, 2.24) is 9.88 Å². The second-order valence-electron chi connectivity index (χ2n) is 4.96. The van der Waals surface area contributed by atoms with Crippen LogP contribution in [-0.2, 0) is 16.1 Å². The van der Waals surface area contributed by atoms with Crippen molar-refractivity contribution in [3.8, 4) is 0 Å². The highest BCUT2D eigenvalue weighted by Crippen LogP contribution is 2.20. The number of nitrogens with zero attached hydrogens (tertiary/aromatic N) is 2. The highest BCUT2D eigenvalue weighted by molar-refractivity contribution is 6.33. The van der Waals surface area contributed by atoms with Gasteiger partial charge in [-0.25, -0.2) is 0 Å². The third-order valence-corrected chi connectivity index (χ3v) is 3.63. The molecular weight excluding hydrogens is 314 g/mol. The van der Waals surface area contributed by atoms with E-state index in [9.17, 15) is 4.79 Å². The largest absolute Gasteiger partial charge is 0.383 e. The number of methoxy groups -OCH3 is 1. The lowest BCUT2D eigenvalue weighted by molar-refractivity contribution is -0.130. The first kappa shape index (κ1) is 17.2. The summed E-state index contributed by atoms with van der Waals surface area (Å²) in [4.78, 5) is 18.5. The predicted molar refractivity (Wildman–Crippen MR) is 91.5 cm³/mol. The highest BCUT2D eigenvalue weighted by atomic mass is 35.5. The Hall–Kier alpha value is -2.11. The number of aromatic nitrogens is 1. The van der Waals surface area contributed by atoms with Crippen LogP contribution in [0.15, 0.2) is 48.7 Å². The maximum absolute atomic E-state index is 12.5. The summed E-state index contributed by atoms with van der Waals surface area (Å²) in [5.74, 6) is -0.0346. The first-order chi connectivity index (χ1) is 11.2. The molecule has 0 fully saturated rings. The van der Waals surface area contributed by atoms with Gasteiger partial charge in [-0.05, 0) is 24.3 Å². The Morgan fingerprint density at radius 1 is 1.26 bits per heavy atom. The van der Waals surface area contributed by atoms with Crippen molar-refractivity contribution >= 4 is 23.2 Å². The number of amides is 1. The molecule has 1 N–H and O–H groups in total. The van der Waals surface area contributed by atoms with E-state index in [2.05, 4.69) is 10.3 Å². The SMILES string of the molecule is COCCN(Cc1ccccn1)C(=O)CNc1ccccc1Cl. The van der Waals surface area contributed by atoms with Gasteiger partial charge in [0, 0.05) is 19.9 Å². The molecule has 1 amide bonds. The van der Waals surface area contributed by atoms with Gasteiger partial charge in [-0.2, -0.15) is 0 Å². The summed E-state index contributed by atoms with van der Waals surface area (Å²) < 4.78 is 5.09. The lowest BCUT2D eigenvalue weighted by Gasteiger charge is -2.22. The first-order valence-electron chi connectivity index (χ1n) is 7.35. The van der Waals surface area contributed by atoms with Gasteiger partial charge in [0.05, 0.1) is 36.1 Å². The first-order valence-corrected chi connectivity index (χ1v) is 7.73. The Balaban J connectivity index is 1.97. The van der Waals surface area contributed by atoms with Crippen molar-refractivity contribution < 1.29 is 9.53 Å².